The molecular formula is C9H15ClF2O4S. The molecule has 17 heavy (non-hydrogen) atoms. The molecule has 1 heterocycles. The molecule has 0 aromatic carbocycles. The van der Waals surface area contributed by atoms with Gasteiger partial charge in [0.25, 0.3) is 6.43 Å². The average molecular weight is 293 g/mol. The van der Waals surface area contributed by atoms with Crippen molar-refractivity contribution >= 4 is 19.7 Å². The minimum Gasteiger partial charge on any atom is -0.381 e. The highest BCUT2D eigenvalue weighted by Crippen LogP contribution is 2.33. The van der Waals surface area contributed by atoms with E-state index in [1.54, 1.807) is 0 Å². The van der Waals surface area contributed by atoms with E-state index in [1.807, 2.05) is 0 Å². The van der Waals surface area contributed by atoms with E-state index in [4.69, 9.17) is 20.2 Å². The second-order valence-corrected chi connectivity index (χ2v) is 6.98. The molecule has 0 radical (unpaired) electrons. The number of alkyl halides is 2. The van der Waals surface area contributed by atoms with E-state index < -0.39 is 27.5 Å². The molecule has 0 saturated carbocycles. The highest BCUT2D eigenvalue weighted by molar-refractivity contribution is 8.13. The summed E-state index contributed by atoms with van der Waals surface area (Å²) in [5.74, 6) is -0.270. The van der Waals surface area contributed by atoms with Gasteiger partial charge in [0, 0.05) is 29.3 Å². The van der Waals surface area contributed by atoms with Gasteiger partial charge in [-0.3, -0.25) is 0 Å². The van der Waals surface area contributed by atoms with Crippen molar-refractivity contribution in [1.82, 2.24) is 0 Å². The molecule has 0 aromatic heterocycles. The van der Waals surface area contributed by atoms with Crippen LogP contribution < -0.4 is 0 Å². The lowest BCUT2D eigenvalue weighted by molar-refractivity contribution is -0.0537. The molecule has 1 fully saturated rings. The van der Waals surface area contributed by atoms with Gasteiger partial charge in [0.05, 0.1) is 12.4 Å². The van der Waals surface area contributed by atoms with Gasteiger partial charge >= 0.3 is 0 Å². The van der Waals surface area contributed by atoms with Crippen molar-refractivity contribution in [2.24, 2.45) is 5.41 Å². The fourth-order valence-electron chi connectivity index (χ4n) is 1.87. The van der Waals surface area contributed by atoms with Gasteiger partial charge in [0.2, 0.25) is 9.05 Å². The summed E-state index contributed by atoms with van der Waals surface area (Å²) in [7, 11) is 1.54. The van der Waals surface area contributed by atoms with Crippen LogP contribution in [0.2, 0.25) is 0 Å². The van der Waals surface area contributed by atoms with Crippen LogP contribution in [0, 0.1) is 5.41 Å². The molecule has 8 heteroatoms. The van der Waals surface area contributed by atoms with Crippen LogP contribution in [0.5, 0.6) is 0 Å². The van der Waals surface area contributed by atoms with Crippen LogP contribution in [-0.4, -0.2) is 47.0 Å². The smallest absolute Gasteiger partial charge is 0.261 e. The van der Waals surface area contributed by atoms with Crippen LogP contribution in [0.3, 0.4) is 0 Å². The second-order valence-electron chi connectivity index (χ2n) is 4.20. The lowest BCUT2D eigenvalue weighted by Crippen LogP contribution is -2.39. The van der Waals surface area contributed by atoms with Crippen molar-refractivity contribution in [3.63, 3.8) is 0 Å². The van der Waals surface area contributed by atoms with Gasteiger partial charge in [0.15, 0.2) is 0 Å². The Morgan fingerprint density at radius 2 is 1.94 bits per heavy atom. The maximum atomic E-state index is 12.0. The minimum atomic E-state index is -3.68. The van der Waals surface area contributed by atoms with Gasteiger partial charge in [-0.25, -0.2) is 17.2 Å². The highest BCUT2D eigenvalue weighted by Gasteiger charge is 2.37. The topological polar surface area (TPSA) is 52.6 Å². The van der Waals surface area contributed by atoms with Crippen molar-refractivity contribution in [1.29, 1.82) is 0 Å². The number of hydrogen-bond acceptors (Lipinski definition) is 4. The molecule has 1 saturated heterocycles. The Labute approximate surface area is 104 Å². The number of halogens is 3. The van der Waals surface area contributed by atoms with E-state index in [1.165, 1.54) is 0 Å². The molecule has 0 unspecified atom stereocenters. The first kappa shape index (κ1) is 15.1. The van der Waals surface area contributed by atoms with Gasteiger partial charge in [-0.1, -0.05) is 0 Å². The molecule has 0 N–H and O–H groups in total. The van der Waals surface area contributed by atoms with Crippen LogP contribution in [0.4, 0.5) is 8.78 Å². The molecule has 1 aliphatic heterocycles. The lowest BCUT2D eigenvalue weighted by atomic mass is 9.83. The normalized spacial score (nSPS) is 20.7. The maximum absolute atomic E-state index is 12.0. The second kappa shape index (κ2) is 6.26. The number of ether oxygens (including phenoxy) is 2. The summed E-state index contributed by atoms with van der Waals surface area (Å²) in [5, 5.41) is 0. The Balaban J connectivity index is 2.58. The zero-order valence-electron chi connectivity index (χ0n) is 9.20. The third-order valence-electron chi connectivity index (χ3n) is 2.68. The van der Waals surface area contributed by atoms with Crippen molar-refractivity contribution in [2.75, 3.05) is 32.2 Å². The summed E-state index contributed by atoms with van der Waals surface area (Å²) < 4.78 is 56.1. The lowest BCUT2D eigenvalue weighted by Gasteiger charge is -2.35. The zero-order valence-corrected chi connectivity index (χ0v) is 10.8. The molecule has 1 aliphatic rings. The molecule has 0 amide bonds. The fourth-order valence-corrected chi connectivity index (χ4v) is 3.66. The van der Waals surface area contributed by atoms with Crippen LogP contribution >= 0.6 is 10.7 Å². The molecule has 0 aliphatic carbocycles. The third kappa shape index (κ3) is 5.94. The summed E-state index contributed by atoms with van der Waals surface area (Å²) in [6.45, 7) is 0.0620. The predicted molar refractivity (Wildman–Crippen MR) is 58.9 cm³/mol. The van der Waals surface area contributed by atoms with Gasteiger partial charge in [-0.05, 0) is 12.8 Å². The summed E-state index contributed by atoms with van der Waals surface area (Å²) in [6, 6.07) is 0. The Bertz CT molecular complexity index is 328. The van der Waals surface area contributed by atoms with Gasteiger partial charge in [-0.15, -0.1) is 0 Å². The standard InChI is InChI=1S/C9H15ClF2O4S/c10-17(13,14)7-9(1-3-15-4-2-9)6-16-5-8(11)12/h8H,1-7H2. The zero-order chi connectivity index (χ0) is 12.9. The van der Waals surface area contributed by atoms with Gasteiger partial charge in [-0.2, -0.15) is 0 Å². The Hall–Kier alpha value is 0.0200. The first-order valence-electron chi connectivity index (χ1n) is 5.19. The molecule has 0 atom stereocenters. The fraction of sp³-hybridized carbons (Fsp3) is 1.00. The van der Waals surface area contributed by atoms with E-state index in [0.29, 0.717) is 26.1 Å². The Morgan fingerprint density at radius 1 is 1.35 bits per heavy atom. The quantitative estimate of drug-likeness (QED) is 0.698. The third-order valence-corrected chi connectivity index (χ3v) is 3.97. The SMILES string of the molecule is O=S(=O)(Cl)CC1(COCC(F)F)CCOCC1. The van der Waals surface area contributed by atoms with E-state index in [9.17, 15) is 17.2 Å². The number of hydrogen-bond donors (Lipinski definition) is 0. The minimum absolute atomic E-state index is 0.0351. The predicted octanol–water partition coefficient (Wildman–Crippen LogP) is 1.63. The van der Waals surface area contributed by atoms with Crippen LogP contribution in [0.25, 0.3) is 0 Å². The van der Waals surface area contributed by atoms with Crippen molar-refractivity contribution in [3.8, 4) is 0 Å². The Morgan fingerprint density at radius 3 is 2.41 bits per heavy atom. The highest BCUT2D eigenvalue weighted by atomic mass is 35.7. The average Bonchev–Trinajstić information content (AvgIpc) is 2.15. The van der Waals surface area contributed by atoms with Crippen LogP contribution in [-0.2, 0) is 18.5 Å². The molecule has 0 bridgehead atoms. The number of rotatable bonds is 6. The Kier molecular flexibility index (Phi) is 5.56. The van der Waals surface area contributed by atoms with E-state index >= 15 is 0 Å². The summed E-state index contributed by atoms with van der Waals surface area (Å²) in [4.78, 5) is 0. The summed E-state index contributed by atoms with van der Waals surface area (Å²) in [6.07, 6.45) is -1.66. The van der Waals surface area contributed by atoms with Crippen molar-refractivity contribution in [2.45, 2.75) is 19.3 Å². The van der Waals surface area contributed by atoms with E-state index in [-0.39, 0.29) is 12.4 Å². The summed E-state index contributed by atoms with van der Waals surface area (Å²) in [5.41, 5.74) is -0.701. The monoisotopic (exact) mass is 292 g/mol. The molecule has 0 spiro atoms. The van der Waals surface area contributed by atoms with Gasteiger partial charge < -0.3 is 9.47 Å². The van der Waals surface area contributed by atoms with Gasteiger partial charge in [0.1, 0.15) is 6.61 Å². The van der Waals surface area contributed by atoms with Crippen LogP contribution in [0.1, 0.15) is 12.8 Å². The maximum Gasteiger partial charge on any atom is 0.261 e. The first-order chi connectivity index (χ1) is 7.83. The largest absolute Gasteiger partial charge is 0.381 e. The van der Waals surface area contributed by atoms with E-state index in [0.717, 1.165) is 0 Å². The van der Waals surface area contributed by atoms with E-state index in [2.05, 4.69) is 0 Å². The first-order valence-corrected chi connectivity index (χ1v) is 7.67. The molecule has 0 aromatic rings. The molecule has 4 nitrogen and oxygen atoms in total. The van der Waals surface area contributed by atoms with Crippen LogP contribution in [0.15, 0.2) is 0 Å². The van der Waals surface area contributed by atoms with Crippen molar-refractivity contribution < 1.29 is 26.7 Å². The summed E-state index contributed by atoms with van der Waals surface area (Å²) >= 11 is 0. The molecular weight excluding hydrogens is 278 g/mol. The van der Waals surface area contributed by atoms with Crippen molar-refractivity contribution in [3.05, 3.63) is 0 Å². The molecule has 102 valence electrons. The molecule has 1 rings (SSSR count).